The molecule has 0 aliphatic rings. The number of hydrogen-bond acceptors (Lipinski definition) is 0. The van der Waals surface area contributed by atoms with Gasteiger partial charge in [-0.3, -0.25) is 0 Å². The van der Waals surface area contributed by atoms with E-state index in [0.717, 1.165) is 6.16 Å². The first-order valence-electron chi connectivity index (χ1n) is 13.3. The van der Waals surface area contributed by atoms with Crippen molar-refractivity contribution in [2.75, 3.05) is 10.6 Å². The summed E-state index contributed by atoms with van der Waals surface area (Å²) in [5.41, 5.74) is 0. The quantitative estimate of drug-likeness (QED) is 0.0457. The Kier molecular flexibility index (Phi) is 12.8. The predicted molar refractivity (Wildman–Crippen MR) is 178 cm³/mol. The van der Waals surface area contributed by atoms with Crippen LogP contribution in [0.15, 0.2) is 103 Å². The van der Waals surface area contributed by atoms with Gasteiger partial charge in [-0.15, -0.1) is 0 Å². The molecule has 0 atom stereocenters. The summed E-state index contributed by atoms with van der Waals surface area (Å²) in [4.78, 5) is 0. The van der Waals surface area contributed by atoms with E-state index in [0.29, 0.717) is 0 Å². The zero-order valence-electron chi connectivity index (χ0n) is 21.0. The molecule has 0 fully saturated rings. The van der Waals surface area contributed by atoms with Crippen LogP contribution in [0.3, 0.4) is 0 Å². The van der Waals surface area contributed by atoms with Crippen molar-refractivity contribution in [3.63, 3.8) is 0 Å². The molecule has 0 spiro atoms. The fourth-order valence-corrected chi connectivity index (χ4v) is 13.5. The number of halogens is 2. The first-order valence-corrected chi connectivity index (χ1v) is 20.0. The third kappa shape index (κ3) is 7.89. The molecule has 0 N–H and O–H groups in total. The van der Waals surface area contributed by atoms with Crippen LogP contribution in [0, 0.1) is 0 Å². The van der Waals surface area contributed by atoms with Gasteiger partial charge in [0.25, 0.3) is 0 Å². The molecule has 0 saturated heterocycles. The fourth-order valence-electron chi connectivity index (χ4n) is 4.96. The standard InChI is InChI=1S/C32H41I2P/c33-28-20-9-7-5-3-1-2-4-6-8-10-21-29-35(34,30-22-14-11-15-23-30,31-24-16-12-17-25-31)32-26-18-13-19-27-32/h10-19,21-27H,1-9,20,28-29H2. The van der Waals surface area contributed by atoms with Crippen molar-refractivity contribution in [2.24, 2.45) is 0 Å². The third-order valence-corrected chi connectivity index (χ3v) is 19.0. The molecule has 0 amide bonds. The second kappa shape index (κ2) is 15.5. The van der Waals surface area contributed by atoms with E-state index >= 15 is 0 Å². The maximum absolute atomic E-state index is 2.88. The summed E-state index contributed by atoms with van der Waals surface area (Å²) < 4.78 is -1.34. The number of unbranched alkanes of at least 4 members (excludes halogenated alkanes) is 9. The number of alkyl halides is 1. The van der Waals surface area contributed by atoms with Gasteiger partial charge in [-0.2, -0.15) is 0 Å². The van der Waals surface area contributed by atoms with E-state index in [9.17, 15) is 0 Å². The Morgan fingerprint density at radius 2 is 0.857 bits per heavy atom. The molecule has 0 aliphatic carbocycles. The molecular weight excluding hydrogens is 669 g/mol. The zero-order chi connectivity index (χ0) is 24.7. The van der Waals surface area contributed by atoms with Crippen molar-refractivity contribution < 1.29 is 0 Å². The summed E-state index contributed by atoms with van der Waals surface area (Å²) in [5.74, 6) is 0. The molecule has 0 radical (unpaired) electrons. The van der Waals surface area contributed by atoms with E-state index < -0.39 is 4.25 Å². The molecule has 0 heterocycles. The maximum atomic E-state index is 2.88. The Morgan fingerprint density at radius 1 is 0.486 bits per heavy atom. The molecule has 3 aromatic carbocycles. The second-order valence-electron chi connectivity index (χ2n) is 9.50. The van der Waals surface area contributed by atoms with Crippen LogP contribution in [0.2, 0.25) is 0 Å². The van der Waals surface area contributed by atoms with E-state index in [-0.39, 0.29) is 0 Å². The average molecular weight is 710 g/mol. The minimum atomic E-state index is -2.65. The Hall–Kier alpha value is -0.710. The van der Waals surface area contributed by atoms with E-state index in [1.54, 1.807) is 0 Å². The normalized spacial score (nSPS) is 13.0. The Bertz CT molecular complexity index is 886. The Balaban J connectivity index is 1.67. The third-order valence-electron chi connectivity index (χ3n) is 7.00. The van der Waals surface area contributed by atoms with Crippen LogP contribution in [0.4, 0.5) is 0 Å². The SMILES string of the molecule is ICCCCCCCCCCCC=CCP(I)(c1ccccc1)(c1ccccc1)c1ccccc1. The van der Waals surface area contributed by atoms with Crippen LogP contribution in [0.1, 0.15) is 64.2 Å². The monoisotopic (exact) mass is 710 g/mol. The van der Waals surface area contributed by atoms with Gasteiger partial charge < -0.3 is 0 Å². The minimum absolute atomic E-state index is 1.06. The van der Waals surface area contributed by atoms with Crippen molar-refractivity contribution in [2.45, 2.75) is 64.2 Å². The number of allylic oxidation sites excluding steroid dienone is 2. The number of benzene rings is 3. The van der Waals surface area contributed by atoms with Crippen molar-refractivity contribution in [1.82, 2.24) is 0 Å². The van der Waals surface area contributed by atoms with Gasteiger partial charge >= 0.3 is 209 Å². The summed E-state index contributed by atoms with van der Waals surface area (Å²) in [6, 6.07) is 33.7. The van der Waals surface area contributed by atoms with Crippen LogP contribution >= 0.6 is 48.9 Å². The van der Waals surface area contributed by atoms with Gasteiger partial charge in [0.1, 0.15) is 0 Å². The van der Waals surface area contributed by atoms with E-state index in [1.165, 1.54) is 84.5 Å². The fraction of sp³-hybridized carbons (Fsp3) is 0.375. The first-order chi connectivity index (χ1) is 17.2. The van der Waals surface area contributed by atoms with Crippen LogP contribution < -0.4 is 15.9 Å². The molecule has 188 valence electrons. The van der Waals surface area contributed by atoms with Crippen molar-refractivity contribution >= 4 is 64.8 Å². The van der Waals surface area contributed by atoms with Gasteiger partial charge in [0.05, 0.1) is 0 Å². The van der Waals surface area contributed by atoms with Gasteiger partial charge in [-0.05, 0) is 10.8 Å². The van der Waals surface area contributed by atoms with Gasteiger partial charge in [-0.1, -0.05) is 22.6 Å². The second-order valence-corrected chi connectivity index (χ2v) is 21.3. The Morgan fingerprint density at radius 3 is 1.26 bits per heavy atom. The predicted octanol–water partition coefficient (Wildman–Crippen LogP) is 9.76. The average Bonchev–Trinajstić information content (AvgIpc) is 2.93. The molecule has 35 heavy (non-hydrogen) atoms. The van der Waals surface area contributed by atoms with Crippen molar-refractivity contribution in [3.8, 4) is 0 Å². The molecule has 0 aromatic heterocycles. The van der Waals surface area contributed by atoms with Crippen LogP contribution in [0.5, 0.6) is 0 Å². The molecule has 0 saturated carbocycles. The summed E-state index contributed by atoms with van der Waals surface area (Å²) >= 11 is 5.37. The summed E-state index contributed by atoms with van der Waals surface area (Å²) in [5, 5.41) is 4.37. The van der Waals surface area contributed by atoms with Crippen LogP contribution in [0.25, 0.3) is 0 Å². The molecule has 0 nitrogen and oxygen atoms in total. The first kappa shape index (κ1) is 28.9. The molecule has 3 aromatic rings. The van der Waals surface area contributed by atoms with Gasteiger partial charge in [0.15, 0.2) is 0 Å². The topological polar surface area (TPSA) is 0 Å². The number of rotatable bonds is 16. The van der Waals surface area contributed by atoms with Gasteiger partial charge in [0, 0.05) is 0 Å². The molecule has 0 bridgehead atoms. The Labute approximate surface area is 241 Å². The molecule has 0 unspecified atom stereocenters. The molecule has 3 rings (SSSR count). The van der Waals surface area contributed by atoms with Crippen molar-refractivity contribution in [3.05, 3.63) is 103 Å². The van der Waals surface area contributed by atoms with Crippen LogP contribution in [-0.4, -0.2) is 10.6 Å². The summed E-state index contributed by atoms with van der Waals surface area (Å²) in [7, 11) is 0. The molecule has 3 heteroatoms. The van der Waals surface area contributed by atoms with Crippen LogP contribution in [-0.2, 0) is 0 Å². The zero-order valence-corrected chi connectivity index (χ0v) is 26.2. The number of hydrogen-bond donors (Lipinski definition) is 0. The van der Waals surface area contributed by atoms with E-state index in [2.05, 4.69) is 148 Å². The van der Waals surface area contributed by atoms with E-state index in [1.807, 2.05) is 0 Å². The van der Waals surface area contributed by atoms with Gasteiger partial charge in [0.2, 0.25) is 0 Å². The summed E-state index contributed by atoms with van der Waals surface area (Å²) in [6.07, 6.45) is 19.8. The van der Waals surface area contributed by atoms with Crippen molar-refractivity contribution in [1.29, 1.82) is 0 Å². The molecular formula is C32H41I2P. The van der Waals surface area contributed by atoms with E-state index in [4.69, 9.17) is 0 Å². The summed E-state index contributed by atoms with van der Waals surface area (Å²) in [6.45, 7) is 0. The molecule has 0 aliphatic heterocycles. The van der Waals surface area contributed by atoms with Gasteiger partial charge in [-0.25, -0.2) is 0 Å².